The molecule has 290 valence electrons. The summed E-state index contributed by atoms with van der Waals surface area (Å²) in [4.78, 5) is 19.2. The molecule has 2 aliphatic rings. The zero-order chi connectivity index (χ0) is 39.7. The SMILES string of the molecule is CCC1=C(C)c2nc1cc1[nH]c(c(C)c1CC)c(-c1ccc(CCCBr)cc1)c1[nH]c(cc3nc(c2-c2ccc(CCCBr)cc2)C(C)=C3CC)c(CC)c1C. The summed E-state index contributed by atoms with van der Waals surface area (Å²) in [6, 6.07) is 23.1. The Kier molecular flexibility index (Phi) is 12.4. The molecule has 8 bridgehead atoms. The van der Waals surface area contributed by atoms with Crippen LogP contribution in [-0.4, -0.2) is 30.6 Å². The van der Waals surface area contributed by atoms with Crippen LogP contribution in [0.25, 0.3) is 66.6 Å². The van der Waals surface area contributed by atoms with E-state index in [9.17, 15) is 0 Å². The Bertz CT molecular complexity index is 2390. The number of hydrogen-bond acceptors (Lipinski definition) is 2. The molecular formula is C50H56Br2N4. The average Bonchev–Trinajstić information content (AvgIpc) is 3.90. The Morgan fingerprint density at radius 3 is 1.27 bits per heavy atom. The van der Waals surface area contributed by atoms with Crippen LogP contribution in [0.4, 0.5) is 0 Å². The molecule has 0 spiro atoms. The van der Waals surface area contributed by atoms with Gasteiger partial charge in [-0.15, -0.1) is 0 Å². The van der Waals surface area contributed by atoms with Crippen LogP contribution in [0.2, 0.25) is 0 Å². The molecule has 2 aromatic carbocycles. The van der Waals surface area contributed by atoms with Crippen LogP contribution >= 0.6 is 31.9 Å². The molecule has 0 atom stereocenters. The number of benzene rings is 2. The van der Waals surface area contributed by atoms with Crippen LogP contribution in [0.1, 0.15) is 123 Å². The second-order valence-electron chi connectivity index (χ2n) is 15.4. The maximum Gasteiger partial charge on any atom is 0.0769 e. The predicted octanol–water partition coefficient (Wildman–Crippen LogP) is 14.7. The lowest BCUT2D eigenvalue weighted by molar-refractivity contribution is 0.940. The number of nitrogens with one attached hydrogen (secondary N) is 2. The summed E-state index contributed by atoms with van der Waals surface area (Å²) in [7, 11) is 0. The number of nitrogens with zero attached hydrogens (tertiary/aromatic N) is 2. The Morgan fingerprint density at radius 2 is 0.911 bits per heavy atom. The molecule has 6 heteroatoms. The van der Waals surface area contributed by atoms with Gasteiger partial charge in [0, 0.05) is 32.8 Å². The Morgan fingerprint density at radius 1 is 0.518 bits per heavy atom. The highest BCUT2D eigenvalue weighted by Crippen LogP contribution is 2.44. The molecule has 0 fully saturated rings. The fraction of sp³-hybridized carbons (Fsp3) is 0.360. The van der Waals surface area contributed by atoms with E-state index in [-0.39, 0.29) is 0 Å². The molecule has 0 saturated carbocycles. The normalized spacial score (nSPS) is 13.0. The van der Waals surface area contributed by atoms with Crippen molar-refractivity contribution in [1.29, 1.82) is 0 Å². The van der Waals surface area contributed by atoms with Crippen LogP contribution in [0.15, 0.2) is 60.7 Å². The van der Waals surface area contributed by atoms with E-state index < -0.39 is 0 Å². The van der Waals surface area contributed by atoms with Gasteiger partial charge in [0.05, 0.1) is 33.8 Å². The van der Waals surface area contributed by atoms with Crippen molar-refractivity contribution < 1.29 is 0 Å². The second kappa shape index (κ2) is 17.2. The van der Waals surface area contributed by atoms with E-state index in [1.54, 1.807) is 0 Å². The van der Waals surface area contributed by atoms with Gasteiger partial charge in [-0.05, 0) is 158 Å². The van der Waals surface area contributed by atoms with Crippen molar-refractivity contribution in [2.75, 3.05) is 10.7 Å². The third-order valence-electron chi connectivity index (χ3n) is 12.2. The van der Waals surface area contributed by atoms with Crippen LogP contribution in [-0.2, 0) is 25.7 Å². The summed E-state index contributed by atoms with van der Waals surface area (Å²) < 4.78 is 0. The molecule has 0 aliphatic carbocycles. The molecule has 4 nitrogen and oxygen atoms in total. The molecule has 5 aromatic rings. The van der Waals surface area contributed by atoms with Gasteiger partial charge in [0.2, 0.25) is 0 Å². The topological polar surface area (TPSA) is 57.4 Å². The van der Waals surface area contributed by atoms with Gasteiger partial charge in [-0.1, -0.05) is 108 Å². The number of H-pyrrole nitrogens is 2. The van der Waals surface area contributed by atoms with E-state index in [4.69, 9.17) is 9.97 Å². The van der Waals surface area contributed by atoms with Crippen molar-refractivity contribution in [2.45, 2.75) is 107 Å². The van der Waals surface area contributed by atoms with E-state index >= 15 is 0 Å². The van der Waals surface area contributed by atoms with Crippen LogP contribution in [0.3, 0.4) is 0 Å². The van der Waals surface area contributed by atoms with Crippen molar-refractivity contribution in [3.05, 3.63) is 117 Å². The van der Waals surface area contributed by atoms with E-state index in [1.807, 2.05) is 0 Å². The first-order valence-corrected chi connectivity index (χ1v) is 22.9. The molecule has 3 aromatic heterocycles. The summed E-state index contributed by atoms with van der Waals surface area (Å²) >= 11 is 7.24. The summed E-state index contributed by atoms with van der Waals surface area (Å²) in [5, 5.41) is 2.01. The number of aryl methyl sites for hydroxylation is 6. The van der Waals surface area contributed by atoms with Crippen LogP contribution < -0.4 is 0 Å². The van der Waals surface area contributed by atoms with Crippen molar-refractivity contribution >= 4 is 76.2 Å². The molecule has 2 N–H and O–H groups in total. The molecule has 7 rings (SSSR count). The number of alkyl halides is 2. The zero-order valence-corrected chi connectivity index (χ0v) is 37.7. The average molecular weight is 873 g/mol. The van der Waals surface area contributed by atoms with Crippen molar-refractivity contribution in [3.8, 4) is 22.3 Å². The van der Waals surface area contributed by atoms with E-state index in [2.05, 4.69) is 158 Å². The standard InChI is InChI=1S/C50H56Br2N4/c1-9-37-29(5)47-45(35-21-17-33(18-22-35)15-13-25-51)48-31(7)39(11-3)43(55-48)28-44-40(12-4)32(8)50(56-44)46(36-23-19-34(20-24-36)16-14-26-52)49-30(6)38(10-2)42(54-49)27-41(37)53-47/h17-24,27-28,53,55H,9-16,25-26H2,1-8H3. The predicted molar refractivity (Wildman–Crippen MR) is 250 cm³/mol. The minimum atomic E-state index is 0.896. The fourth-order valence-corrected chi connectivity index (χ4v) is 9.65. The quantitative estimate of drug-likeness (QED) is 0.123. The highest BCUT2D eigenvalue weighted by atomic mass is 79.9. The van der Waals surface area contributed by atoms with Gasteiger partial charge in [0.25, 0.3) is 0 Å². The molecule has 56 heavy (non-hydrogen) atoms. The smallest absolute Gasteiger partial charge is 0.0769 e. The Hall–Kier alpha value is -4.00. The van der Waals surface area contributed by atoms with Gasteiger partial charge in [-0.2, -0.15) is 0 Å². The first-order chi connectivity index (χ1) is 27.2. The Balaban J connectivity index is 1.66. The molecule has 2 aliphatic heterocycles. The summed E-state index contributed by atoms with van der Waals surface area (Å²) in [5.41, 5.74) is 26.5. The van der Waals surface area contributed by atoms with Crippen molar-refractivity contribution in [3.63, 3.8) is 0 Å². The first-order valence-electron chi connectivity index (χ1n) is 20.7. The van der Waals surface area contributed by atoms with E-state index in [0.717, 1.165) is 107 Å². The van der Waals surface area contributed by atoms with Gasteiger partial charge in [0.1, 0.15) is 0 Å². The molecule has 0 radical (unpaired) electrons. The monoisotopic (exact) mass is 870 g/mol. The zero-order valence-electron chi connectivity index (χ0n) is 34.5. The van der Waals surface area contributed by atoms with Crippen LogP contribution in [0, 0.1) is 13.8 Å². The highest BCUT2D eigenvalue weighted by Gasteiger charge is 2.26. The molecular weight excluding hydrogens is 816 g/mol. The minimum Gasteiger partial charge on any atom is -0.354 e. The number of fused-ring (bicyclic) bond motifs is 8. The molecule has 0 saturated heterocycles. The first kappa shape index (κ1) is 40.2. The molecule has 0 amide bonds. The number of halogens is 2. The number of aromatic amines is 2. The summed E-state index contributed by atoms with van der Waals surface area (Å²) in [6.07, 6.45) is 7.98. The summed E-state index contributed by atoms with van der Waals surface area (Å²) in [5.74, 6) is 0. The fourth-order valence-electron chi connectivity index (χ4n) is 9.09. The van der Waals surface area contributed by atoms with Gasteiger partial charge in [-0.25, -0.2) is 9.97 Å². The molecule has 0 unspecified atom stereocenters. The van der Waals surface area contributed by atoms with Gasteiger partial charge in [-0.3, -0.25) is 0 Å². The van der Waals surface area contributed by atoms with Gasteiger partial charge >= 0.3 is 0 Å². The van der Waals surface area contributed by atoms with Crippen molar-refractivity contribution in [1.82, 2.24) is 19.9 Å². The Labute approximate surface area is 350 Å². The van der Waals surface area contributed by atoms with E-state index in [1.165, 1.54) is 77.8 Å². The maximum atomic E-state index is 5.59. The second-order valence-corrected chi connectivity index (χ2v) is 17.0. The lowest BCUT2D eigenvalue weighted by atomic mass is 9.92. The van der Waals surface area contributed by atoms with Gasteiger partial charge < -0.3 is 9.97 Å². The lowest BCUT2D eigenvalue weighted by Gasteiger charge is -2.11. The number of allylic oxidation sites excluding steroid dienone is 4. The minimum absolute atomic E-state index is 0.896. The highest BCUT2D eigenvalue weighted by molar-refractivity contribution is 9.09. The summed E-state index contributed by atoms with van der Waals surface area (Å²) in [6.45, 7) is 18.2. The van der Waals surface area contributed by atoms with Crippen molar-refractivity contribution in [2.24, 2.45) is 0 Å². The van der Waals surface area contributed by atoms with E-state index in [0.29, 0.717) is 0 Å². The lowest BCUT2D eigenvalue weighted by Crippen LogP contribution is -1.94. The largest absolute Gasteiger partial charge is 0.354 e. The number of aromatic nitrogens is 4. The van der Waals surface area contributed by atoms with Gasteiger partial charge in [0.15, 0.2) is 0 Å². The maximum absolute atomic E-state index is 5.59. The third-order valence-corrected chi connectivity index (χ3v) is 13.3. The number of hydrogen-bond donors (Lipinski definition) is 2. The third kappa shape index (κ3) is 7.33. The van der Waals surface area contributed by atoms with Crippen LogP contribution in [0.5, 0.6) is 0 Å². The molecule has 5 heterocycles. The number of rotatable bonds is 12.